The molecule has 1 aliphatic heterocycles. The molecule has 0 saturated carbocycles. The summed E-state index contributed by atoms with van der Waals surface area (Å²) in [5.74, 6) is -0.442. The summed E-state index contributed by atoms with van der Waals surface area (Å²) in [6, 6.07) is 7.16. The first-order valence-corrected chi connectivity index (χ1v) is 8.36. The number of carbonyl (C=O) groups excluding carboxylic acids is 1. The summed E-state index contributed by atoms with van der Waals surface area (Å²) < 4.78 is 0. The van der Waals surface area contributed by atoms with E-state index in [9.17, 15) is 9.59 Å². The molecule has 6 heteroatoms. The number of aliphatic carboxylic acids is 1. The molecule has 0 aromatic heterocycles. The smallest absolute Gasteiger partial charge is 0.303 e. The van der Waals surface area contributed by atoms with Gasteiger partial charge in [-0.15, -0.1) is 0 Å². The molecule has 0 bridgehead atoms. The molecule has 1 saturated heterocycles. The Labute approximate surface area is 142 Å². The number of amidine groups is 1. The third kappa shape index (κ3) is 4.57. The van der Waals surface area contributed by atoms with Crippen molar-refractivity contribution in [3.05, 3.63) is 29.8 Å². The Kier molecular flexibility index (Phi) is 5.95. The van der Waals surface area contributed by atoms with Gasteiger partial charge in [0.2, 0.25) is 5.91 Å². The molecular weight excluding hydrogens is 306 g/mol. The highest BCUT2D eigenvalue weighted by Gasteiger charge is 2.32. The average molecular weight is 331 g/mol. The van der Waals surface area contributed by atoms with E-state index in [0.717, 1.165) is 31.4 Å². The van der Waals surface area contributed by atoms with Crippen molar-refractivity contribution in [2.75, 3.05) is 11.4 Å². The zero-order valence-electron chi connectivity index (χ0n) is 14.0. The molecule has 1 heterocycles. The van der Waals surface area contributed by atoms with Gasteiger partial charge in [-0.2, -0.15) is 0 Å². The van der Waals surface area contributed by atoms with E-state index in [-0.39, 0.29) is 30.0 Å². The van der Waals surface area contributed by atoms with Gasteiger partial charge in [0.25, 0.3) is 0 Å². The topological polar surface area (TPSA) is 107 Å². The summed E-state index contributed by atoms with van der Waals surface area (Å²) in [5.41, 5.74) is 6.93. The number of hydrogen-bond donors (Lipinski definition) is 3. The molecular formula is C18H25N3O3. The van der Waals surface area contributed by atoms with E-state index in [1.54, 1.807) is 17.0 Å². The van der Waals surface area contributed by atoms with Gasteiger partial charge in [0.05, 0.1) is 0 Å². The maximum absolute atomic E-state index is 12.5. The largest absolute Gasteiger partial charge is 0.481 e. The number of nitrogens with two attached hydrogens (primary N) is 1. The number of carboxylic acids is 1. The first-order valence-electron chi connectivity index (χ1n) is 8.36. The van der Waals surface area contributed by atoms with Crippen molar-refractivity contribution < 1.29 is 14.7 Å². The van der Waals surface area contributed by atoms with E-state index in [1.807, 2.05) is 19.1 Å². The van der Waals surface area contributed by atoms with Crippen LogP contribution in [0.2, 0.25) is 0 Å². The van der Waals surface area contributed by atoms with Crippen LogP contribution < -0.4 is 10.6 Å². The van der Waals surface area contributed by atoms with Crippen LogP contribution in [0.4, 0.5) is 5.69 Å². The van der Waals surface area contributed by atoms with E-state index < -0.39 is 5.97 Å². The van der Waals surface area contributed by atoms with Crippen LogP contribution in [0, 0.1) is 17.2 Å². The summed E-state index contributed by atoms with van der Waals surface area (Å²) in [6.45, 7) is 2.64. The third-order valence-electron chi connectivity index (χ3n) is 4.58. The molecule has 0 spiro atoms. The predicted molar refractivity (Wildman–Crippen MR) is 93.2 cm³/mol. The van der Waals surface area contributed by atoms with Gasteiger partial charge < -0.3 is 15.7 Å². The lowest BCUT2D eigenvalue weighted by atomic mass is 9.95. The van der Waals surface area contributed by atoms with Crippen LogP contribution in [-0.4, -0.2) is 29.4 Å². The van der Waals surface area contributed by atoms with E-state index in [0.29, 0.717) is 12.1 Å². The first kappa shape index (κ1) is 18.0. The number of nitrogens with one attached hydrogen (secondary N) is 1. The van der Waals surface area contributed by atoms with Gasteiger partial charge in [0.15, 0.2) is 0 Å². The van der Waals surface area contributed by atoms with Crippen LogP contribution in [0.15, 0.2) is 24.3 Å². The number of nitrogen functional groups attached to an aromatic ring is 1. The number of nitrogens with zero attached hydrogens (tertiary/aromatic N) is 1. The van der Waals surface area contributed by atoms with Crippen molar-refractivity contribution in [1.29, 1.82) is 5.41 Å². The van der Waals surface area contributed by atoms with Gasteiger partial charge >= 0.3 is 5.97 Å². The molecule has 2 unspecified atom stereocenters. The van der Waals surface area contributed by atoms with Crippen molar-refractivity contribution in [1.82, 2.24) is 0 Å². The van der Waals surface area contributed by atoms with Gasteiger partial charge in [-0.3, -0.25) is 15.0 Å². The van der Waals surface area contributed by atoms with Crippen LogP contribution >= 0.6 is 0 Å². The molecule has 4 N–H and O–H groups in total. The van der Waals surface area contributed by atoms with E-state index in [4.69, 9.17) is 16.2 Å². The van der Waals surface area contributed by atoms with Crippen molar-refractivity contribution in [2.45, 2.75) is 39.0 Å². The molecule has 1 aromatic rings. The van der Waals surface area contributed by atoms with Crippen molar-refractivity contribution in [2.24, 2.45) is 17.6 Å². The SMILES string of the molecule is CC(CCCC1CCN(c2ccc(C(=N)N)cc2)C1=O)CC(=O)O. The molecule has 1 aliphatic rings. The van der Waals surface area contributed by atoms with Crippen molar-refractivity contribution in [3.8, 4) is 0 Å². The van der Waals surface area contributed by atoms with Gasteiger partial charge in [-0.1, -0.05) is 19.8 Å². The second kappa shape index (κ2) is 7.95. The van der Waals surface area contributed by atoms with Crippen LogP contribution in [0.5, 0.6) is 0 Å². The number of benzene rings is 1. The summed E-state index contributed by atoms with van der Waals surface area (Å²) in [5, 5.41) is 16.2. The number of carbonyl (C=O) groups is 2. The van der Waals surface area contributed by atoms with E-state index in [1.165, 1.54) is 0 Å². The fourth-order valence-corrected chi connectivity index (χ4v) is 3.20. The predicted octanol–water partition coefficient (Wildman–Crippen LogP) is 2.60. The molecule has 0 aliphatic carbocycles. The Hall–Kier alpha value is -2.37. The highest BCUT2D eigenvalue weighted by atomic mass is 16.4. The number of hydrogen-bond acceptors (Lipinski definition) is 3. The highest BCUT2D eigenvalue weighted by molar-refractivity contribution is 5.98. The van der Waals surface area contributed by atoms with Crippen LogP contribution in [-0.2, 0) is 9.59 Å². The molecule has 1 amide bonds. The second-order valence-corrected chi connectivity index (χ2v) is 6.57. The number of rotatable bonds is 8. The molecule has 24 heavy (non-hydrogen) atoms. The summed E-state index contributed by atoms with van der Waals surface area (Å²) >= 11 is 0. The number of anilines is 1. The van der Waals surface area contributed by atoms with Gasteiger partial charge in [-0.05, 0) is 43.0 Å². The Morgan fingerprint density at radius 3 is 2.67 bits per heavy atom. The number of amides is 1. The fourth-order valence-electron chi connectivity index (χ4n) is 3.20. The van der Waals surface area contributed by atoms with E-state index >= 15 is 0 Å². The molecule has 130 valence electrons. The summed E-state index contributed by atoms with van der Waals surface area (Å²) in [7, 11) is 0. The lowest BCUT2D eigenvalue weighted by molar-refractivity contribution is -0.138. The fraction of sp³-hybridized carbons (Fsp3) is 0.500. The Balaban J connectivity index is 1.86. The average Bonchev–Trinajstić information content (AvgIpc) is 2.88. The van der Waals surface area contributed by atoms with Gasteiger partial charge in [0.1, 0.15) is 5.84 Å². The second-order valence-electron chi connectivity index (χ2n) is 6.57. The zero-order valence-corrected chi connectivity index (χ0v) is 14.0. The van der Waals surface area contributed by atoms with Crippen molar-refractivity contribution >= 4 is 23.4 Å². The van der Waals surface area contributed by atoms with Gasteiger partial charge in [-0.25, -0.2) is 0 Å². The van der Waals surface area contributed by atoms with Crippen LogP contribution in [0.3, 0.4) is 0 Å². The van der Waals surface area contributed by atoms with Crippen LogP contribution in [0.1, 0.15) is 44.6 Å². The van der Waals surface area contributed by atoms with Crippen LogP contribution in [0.25, 0.3) is 0 Å². The molecule has 2 rings (SSSR count). The summed E-state index contributed by atoms with van der Waals surface area (Å²) in [6.07, 6.45) is 3.55. The normalized spacial score (nSPS) is 18.6. The monoisotopic (exact) mass is 331 g/mol. The molecule has 1 aromatic carbocycles. The highest BCUT2D eigenvalue weighted by Crippen LogP contribution is 2.29. The number of carboxylic acid groups (broad SMARTS) is 1. The lowest BCUT2D eigenvalue weighted by Gasteiger charge is -2.17. The van der Waals surface area contributed by atoms with E-state index in [2.05, 4.69) is 0 Å². The standard InChI is InChI=1S/C18H25N3O3/c1-12(11-16(22)23)3-2-4-14-9-10-21(18(14)24)15-7-5-13(6-8-15)17(19)20/h5-8,12,14H,2-4,9-11H2,1H3,(H3,19,20)(H,22,23). The lowest BCUT2D eigenvalue weighted by Crippen LogP contribution is -2.27. The minimum absolute atomic E-state index is 0.0163. The third-order valence-corrected chi connectivity index (χ3v) is 4.58. The van der Waals surface area contributed by atoms with Crippen molar-refractivity contribution in [3.63, 3.8) is 0 Å². The Bertz CT molecular complexity index is 612. The van der Waals surface area contributed by atoms with Gasteiger partial charge in [0, 0.05) is 30.1 Å². The Morgan fingerprint density at radius 1 is 1.42 bits per heavy atom. The Morgan fingerprint density at radius 2 is 2.08 bits per heavy atom. The molecule has 1 fully saturated rings. The maximum atomic E-state index is 12.5. The molecule has 0 radical (unpaired) electrons. The minimum atomic E-state index is -0.764. The minimum Gasteiger partial charge on any atom is -0.481 e. The zero-order chi connectivity index (χ0) is 17.7. The first-order chi connectivity index (χ1) is 11.4. The quantitative estimate of drug-likeness (QED) is 0.502. The molecule has 6 nitrogen and oxygen atoms in total. The summed E-state index contributed by atoms with van der Waals surface area (Å²) in [4.78, 5) is 25.0. The molecule has 2 atom stereocenters. The maximum Gasteiger partial charge on any atom is 0.303 e.